The SMILES string of the molecule is CC(=O)OC[C@H]1O[C@H](Oc2cccc(C=O)c2)[C@H](OC(C)=O)[C@@H](OC(C)=O)[C@@H]1OC(C)=O. The zero-order valence-corrected chi connectivity index (χ0v) is 18.0. The second-order valence-corrected chi connectivity index (χ2v) is 6.88. The van der Waals surface area contributed by atoms with Crippen molar-refractivity contribution in [2.45, 2.75) is 58.4 Å². The standard InChI is InChI=1S/C21H24O11/c1-11(23)27-10-17-18(28-12(2)24)19(29-13(3)25)20(30-14(4)26)21(32-17)31-16-7-5-6-15(8-16)9-22/h5-9,17-21H,10H2,1-4H3/t17-,18-,19+,20-,21+/m1/s1. The summed E-state index contributed by atoms with van der Waals surface area (Å²) in [5.41, 5.74) is 0.313. The van der Waals surface area contributed by atoms with Gasteiger partial charge in [-0.3, -0.25) is 24.0 Å². The van der Waals surface area contributed by atoms with Crippen LogP contribution < -0.4 is 4.74 Å². The molecule has 0 radical (unpaired) electrons. The second-order valence-electron chi connectivity index (χ2n) is 6.88. The van der Waals surface area contributed by atoms with Crippen LogP contribution >= 0.6 is 0 Å². The van der Waals surface area contributed by atoms with Gasteiger partial charge in [-0.25, -0.2) is 0 Å². The van der Waals surface area contributed by atoms with Crippen molar-refractivity contribution in [2.75, 3.05) is 6.61 Å². The molecule has 0 bridgehead atoms. The lowest BCUT2D eigenvalue weighted by Crippen LogP contribution is -2.63. The molecule has 11 nitrogen and oxygen atoms in total. The number of hydrogen-bond donors (Lipinski definition) is 0. The fourth-order valence-corrected chi connectivity index (χ4v) is 3.08. The van der Waals surface area contributed by atoms with Crippen LogP contribution in [0, 0.1) is 0 Å². The molecule has 1 aromatic carbocycles. The van der Waals surface area contributed by atoms with E-state index >= 15 is 0 Å². The monoisotopic (exact) mass is 452 g/mol. The van der Waals surface area contributed by atoms with E-state index in [2.05, 4.69) is 0 Å². The maximum atomic E-state index is 11.8. The van der Waals surface area contributed by atoms with Crippen molar-refractivity contribution in [3.8, 4) is 5.75 Å². The number of carbonyl (C=O) groups excluding carboxylic acids is 5. The minimum absolute atomic E-state index is 0.190. The lowest BCUT2D eigenvalue weighted by molar-refractivity contribution is -0.288. The number of aldehydes is 1. The molecule has 0 N–H and O–H groups in total. The van der Waals surface area contributed by atoms with Gasteiger partial charge in [-0.15, -0.1) is 0 Å². The van der Waals surface area contributed by atoms with Gasteiger partial charge in [0.1, 0.15) is 24.7 Å². The Morgan fingerprint density at radius 1 is 0.875 bits per heavy atom. The van der Waals surface area contributed by atoms with Crippen LogP contribution in [0.4, 0.5) is 0 Å². The van der Waals surface area contributed by atoms with Crippen molar-refractivity contribution in [2.24, 2.45) is 0 Å². The van der Waals surface area contributed by atoms with Crippen LogP contribution in [0.15, 0.2) is 24.3 Å². The van der Waals surface area contributed by atoms with Crippen LogP contribution in [0.5, 0.6) is 5.75 Å². The molecule has 0 aromatic heterocycles. The normalized spacial score (nSPS) is 24.6. The van der Waals surface area contributed by atoms with Crippen molar-refractivity contribution in [3.63, 3.8) is 0 Å². The van der Waals surface area contributed by atoms with Gasteiger partial charge in [0.15, 0.2) is 12.2 Å². The molecule has 0 unspecified atom stereocenters. The van der Waals surface area contributed by atoms with Gasteiger partial charge in [0, 0.05) is 33.3 Å². The summed E-state index contributed by atoms with van der Waals surface area (Å²) >= 11 is 0. The third kappa shape index (κ3) is 7.05. The van der Waals surface area contributed by atoms with E-state index in [1.54, 1.807) is 12.1 Å². The van der Waals surface area contributed by atoms with Crippen LogP contribution in [0.25, 0.3) is 0 Å². The maximum Gasteiger partial charge on any atom is 0.303 e. The molecule has 1 saturated heterocycles. The Hall–Kier alpha value is -3.47. The molecule has 1 heterocycles. The van der Waals surface area contributed by atoms with E-state index in [1.165, 1.54) is 19.1 Å². The minimum atomic E-state index is -1.36. The summed E-state index contributed by atoms with van der Waals surface area (Å²) in [4.78, 5) is 57.7. The third-order valence-electron chi connectivity index (χ3n) is 4.19. The molecule has 11 heteroatoms. The van der Waals surface area contributed by atoms with E-state index < -0.39 is 54.6 Å². The summed E-state index contributed by atoms with van der Waals surface area (Å²) in [6.45, 7) is 4.18. The van der Waals surface area contributed by atoms with E-state index in [9.17, 15) is 24.0 Å². The molecule has 1 aliphatic rings. The van der Waals surface area contributed by atoms with Crippen LogP contribution in [0.2, 0.25) is 0 Å². The maximum absolute atomic E-state index is 11.8. The summed E-state index contributed by atoms with van der Waals surface area (Å²) < 4.78 is 32.5. The molecule has 2 rings (SSSR count). The van der Waals surface area contributed by atoms with Gasteiger partial charge in [0.25, 0.3) is 0 Å². The van der Waals surface area contributed by atoms with Crippen molar-refractivity contribution in [1.29, 1.82) is 0 Å². The molecule has 0 spiro atoms. The second kappa shape index (κ2) is 11.2. The molecule has 174 valence electrons. The average Bonchev–Trinajstić information content (AvgIpc) is 2.70. The topological polar surface area (TPSA) is 141 Å². The zero-order valence-electron chi connectivity index (χ0n) is 18.0. The molecular weight excluding hydrogens is 428 g/mol. The molecule has 1 aliphatic heterocycles. The highest BCUT2D eigenvalue weighted by atomic mass is 16.7. The summed E-state index contributed by atoms with van der Waals surface area (Å²) in [7, 11) is 0. The van der Waals surface area contributed by atoms with E-state index in [-0.39, 0.29) is 12.4 Å². The largest absolute Gasteiger partial charge is 0.463 e. The molecule has 1 fully saturated rings. The number of ether oxygens (including phenoxy) is 6. The van der Waals surface area contributed by atoms with Gasteiger partial charge in [-0.05, 0) is 12.1 Å². The lowest BCUT2D eigenvalue weighted by Gasteiger charge is -2.43. The van der Waals surface area contributed by atoms with Crippen molar-refractivity contribution in [3.05, 3.63) is 29.8 Å². The molecule has 32 heavy (non-hydrogen) atoms. The summed E-state index contributed by atoms with van der Waals surface area (Å²) in [6, 6.07) is 6.06. The summed E-state index contributed by atoms with van der Waals surface area (Å²) in [5, 5.41) is 0. The zero-order chi connectivity index (χ0) is 23.8. The Kier molecular flexibility index (Phi) is 8.71. The first-order chi connectivity index (χ1) is 15.1. The summed E-state index contributed by atoms with van der Waals surface area (Å²) in [5.74, 6) is -2.67. The molecule has 0 saturated carbocycles. The Balaban J connectivity index is 2.46. The van der Waals surface area contributed by atoms with Crippen molar-refractivity contribution < 1.29 is 52.4 Å². The number of esters is 4. The first-order valence-electron chi connectivity index (χ1n) is 9.63. The summed E-state index contributed by atoms with van der Waals surface area (Å²) in [6.07, 6.45) is -5.85. The van der Waals surface area contributed by atoms with Crippen LogP contribution in [-0.4, -0.2) is 67.5 Å². The predicted octanol–water partition coefficient (Wildman–Crippen LogP) is 0.961. The number of rotatable bonds is 8. The number of hydrogen-bond acceptors (Lipinski definition) is 11. The van der Waals surface area contributed by atoms with Gasteiger partial charge >= 0.3 is 23.9 Å². The van der Waals surface area contributed by atoms with E-state index in [0.29, 0.717) is 11.8 Å². The van der Waals surface area contributed by atoms with Gasteiger partial charge in [0.05, 0.1) is 0 Å². The fraction of sp³-hybridized carbons (Fsp3) is 0.476. The number of carbonyl (C=O) groups is 5. The first-order valence-corrected chi connectivity index (χ1v) is 9.63. The Bertz CT molecular complexity index is 865. The highest BCUT2D eigenvalue weighted by molar-refractivity contribution is 5.75. The first kappa shape index (κ1) is 24.8. The van der Waals surface area contributed by atoms with Crippen LogP contribution in [0.3, 0.4) is 0 Å². The van der Waals surface area contributed by atoms with Crippen LogP contribution in [0.1, 0.15) is 38.1 Å². The van der Waals surface area contributed by atoms with E-state index in [0.717, 1.165) is 20.8 Å². The van der Waals surface area contributed by atoms with Crippen LogP contribution in [-0.2, 0) is 42.9 Å². The highest BCUT2D eigenvalue weighted by Gasteiger charge is 2.53. The highest BCUT2D eigenvalue weighted by Crippen LogP contribution is 2.31. The molecular formula is C21H24O11. The Morgan fingerprint density at radius 3 is 2.03 bits per heavy atom. The number of benzene rings is 1. The third-order valence-corrected chi connectivity index (χ3v) is 4.19. The fourth-order valence-electron chi connectivity index (χ4n) is 3.08. The predicted molar refractivity (Wildman–Crippen MR) is 104 cm³/mol. The van der Waals surface area contributed by atoms with Gasteiger partial charge in [-0.1, -0.05) is 12.1 Å². The van der Waals surface area contributed by atoms with E-state index in [4.69, 9.17) is 28.4 Å². The smallest absolute Gasteiger partial charge is 0.303 e. The van der Waals surface area contributed by atoms with Gasteiger partial charge in [-0.2, -0.15) is 0 Å². The quantitative estimate of drug-likeness (QED) is 0.316. The molecule has 5 atom stereocenters. The van der Waals surface area contributed by atoms with Crippen molar-refractivity contribution >= 4 is 30.2 Å². The van der Waals surface area contributed by atoms with Gasteiger partial charge < -0.3 is 28.4 Å². The molecule has 1 aromatic rings. The molecule has 0 aliphatic carbocycles. The van der Waals surface area contributed by atoms with E-state index in [1.807, 2.05) is 0 Å². The van der Waals surface area contributed by atoms with Crippen molar-refractivity contribution in [1.82, 2.24) is 0 Å². The minimum Gasteiger partial charge on any atom is -0.463 e. The Labute approximate surface area is 183 Å². The Morgan fingerprint density at radius 2 is 1.47 bits per heavy atom. The van der Waals surface area contributed by atoms with Gasteiger partial charge in [0.2, 0.25) is 12.4 Å². The lowest BCUT2D eigenvalue weighted by atomic mass is 9.98. The average molecular weight is 452 g/mol. The molecule has 0 amide bonds.